The molecule has 0 spiro atoms. The third kappa shape index (κ3) is 7.74. The summed E-state index contributed by atoms with van der Waals surface area (Å²) in [6.45, 7) is 5.21. The largest absolute Gasteiger partial charge is 0.497 e. The number of benzene rings is 1. The highest BCUT2D eigenvalue weighted by atomic mass is 19.4. The molecule has 11 heteroatoms. The summed E-state index contributed by atoms with van der Waals surface area (Å²) in [5.74, 6) is -1.39. The molecule has 202 valence electrons. The summed E-state index contributed by atoms with van der Waals surface area (Å²) in [6.07, 6.45) is -2.03. The number of aliphatic imine (C=N–C) groups is 1. The van der Waals surface area contributed by atoms with Crippen molar-refractivity contribution in [2.45, 2.75) is 65.1 Å². The number of halogens is 3. The fraction of sp³-hybridized carbons (Fsp3) is 0.500. The Balaban J connectivity index is 1.82. The van der Waals surface area contributed by atoms with Crippen LogP contribution < -0.4 is 15.4 Å². The first-order valence-corrected chi connectivity index (χ1v) is 12.1. The molecular formula is C26H32F3N3O5. The zero-order valence-electron chi connectivity index (χ0n) is 21.3. The van der Waals surface area contributed by atoms with E-state index in [0.717, 1.165) is 24.5 Å². The number of rotatable bonds is 7. The number of amides is 2. The highest BCUT2D eigenvalue weighted by Crippen LogP contribution is 2.34. The molecule has 37 heavy (non-hydrogen) atoms. The fourth-order valence-electron chi connectivity index (χ4n) is 4.32. The Morgan fingerprint density at radius 2 is 1.84 bits per heavy atom. The van der Waals surface area contributed by atoms with E-state index in [1.54, 1.807) is 19.1 Å². The SMILES string of the molecule is CCOC(=O)NC1CCC(CC(=Nc2cc(OC)ccc2C)NC(=O)c2cc(C)oc2C(F)(F)F)CC1. The van der Waals surface area contributed by atoms with Crippen molar-refractivity contribution in [3.05, 3.63) is 46.9 Å². The lowest BCUT2D eigenvalue weighted by Gasteiger charge is -2.29. The Bertz CT molecular complexity index is 1130. The van der Waals surface area contributed by atoms with E-state index in [4.69, 9.17) is 13.9 Å². The molecule has 0 bridgehead atoms. The summed E-state index contributed by atoms with van der Waals surface area (Å²) in [6, 6.07) is 6.33. The van der Waals surface area contributed by atoms with Gasteiger partial charge in [-0.1, -0.05) is 6.07 Å². The molecule has 0 saturated heterocycles. The van der Waals surface area contributed by atoms with Gasteiger partial charge in [-0.2, -0.15) is 13.2 Å². The summed E-state index contributed by atoms with van der Waals surface area (Å²) in [4.78, 5) is 29.3. The average molecular weight is 524 g/mol. The van der Waals surface area contributed by atoms with Gasteiger partial charge in [-0.05, 0) is 70.1 Å². The van der Waals surface area contributed by atoms with Crippen molar-refractivity contribution in [2.75, 3.05) is 13.7 Å². The number of hydrogen-bond acceptors (Lipinski definition) is 6. The molecule has 2 aromatic rings. The molecule has 2 N–H and O–H groups in total. The van der Waals surface area contributed by atoms with Gasteiger partial charge in [-0.25, -0.2) is 9.79 Å². The summed E-state index contributed by atoms with van der Waals surface area (Å²) in [5.41, 5.74) is 0.749. The molecule has 8 nitrogen and oxygen atoms in total. The topological polar surface area (TPSA) is 102 Å². The lowest BCUT2D eigenvalue weighted by Crippen LogP contribution is -2.39. The van der Waals surface area contributed by atoms with Gasteiger partial charge < -0.3 is 24.5 Å². The number of alkyl halides is 3. The van der Waals surface area contributed by atoms with Crippen LogP contribution in [0.15, 0.2) is 33.7 Å². The lowest BCUT2D eigenvalue weighted by molar-refractivity contribution is -0.153. The number of amidine groups is 1. The Morgan fingerprint density at radius 1 is 1.14 bits per heavy atom. The number of nitrogens with one attached hydrogen (secondary N) is 2. The molecule has 0 unspecified atom stereocenters. The Kier molecular flexibility index (Phi) is 9.23. The Morgan fingerprint density at radius 3 is 2.46 bits per heavy atom. The number of carbonyl (C=O) groups is 2. The van der Waals surface area contributed by atoms with Crippen LogP contribution in [0.1, 0.15) is 66.5 Å². The molecule has 1 heterocycles. The first-order chi connectivity index (χ1) is 17.5. The van der Waals surface area contributed by atoms with Crippen molar-refractivity contribution in [1.29, 1.82) is 0 Å². The predicted octanol–water partition coefficient (Wildman–Crippen LogP) is 6.08. The zero-order chi connectivity index (χ0) is 27.2. The second kappa shape index (κ2) is 12.2. The summed E-state index contributed by atoms with van der Waals surface area (Å²) >= 11 is 0. The minimum Gasteiger partial charge on any atom is -0.497 e. The summed E-state index contributed by atoms with van der Waals surface area (Å²) < 4.78 is 55.3. The second-order valence-electron chi connectivity index (χ2n) is 9.05. The minimum atomic E-state index is -4.81. The lowest BCUT2D eigenvalue weighted by atomic mass is 9.84. The molecule has 0 aliphatic heterocycles. The van der Waals surface area contributed by atoms with Crippen LogP contribution in [-0.4, -0.2) is 37.6 Å². The summed E-state index contributed by atoms with van der Waals surface area (Å²) in [7, 11) is 1.52. The van der Waals surface area contributed by atoms with Crippen LogP contribution in [0.4, 0.5) is 23.7 Å². The van der Waals surface area contributed by atoms with Gasteiger partial charge in [0.2, 0.25) is 5.76 Å². The number of carbonyl (C=O) groups excluding carboxylic acids is 2. The number of ether oxygens (including phenoxy) is 2. The molecule has 0 radical (unpaired) electrons. The van der Waals surface area contributed by atoms with E-state index in [2.05, 4.69) is 15.6 Å². The van der Waals surface area contributed by atoms with Crippen LogP contribution >= 0.6 is 0 Å². The first-order valence-electron chi connectivity index (χ1n) is 12.1. The van der Waals surface area contributed by atoms with Crippen molar-refractivity contribution in [1.82, 2.24) is 10.6 Å². The van der Waals surface area contributed by atoms with Crippen molar-refractivity contribution in [3.63, 3.8) is 0 Å². The third-order valence-electron chi connectivity index (χ3n) is 6.21. The highest BCUT2D eigenvalue weighted by molar-refractivity contribution is 6.07. The van der Waals surface area contributed by atoms with Gasteiger partial charge in [0.25, 0.3) is 5.91 Å². The number of alkyl carbamates (subject to hydrolysis) is 1. The van der Waals surface area contributed by atoms with Gasteiger partial charge >= 0.3 is 12.3 Å². The van der Waals surface area contributed by atoms with E-state index in [0.29, 0.717) is 30.7 Å². The number of furan rings is 1. The van der Waals surface area contributed by atoms with Gasteiger partial charge in [0.05, 0.1) is 25.0 Å². The van der Waals surface area contributed by atoms with E-state index in [-0.39, 0.29) is 30.2 Å². The number of hydrogen-bond donors (Lipinski definition) is 2. The standard InChI is InChI=1S/C26H32F3N3O5/c1-5-36-25(34)30-18-9-7-17(8-10-18)13-22(31-21-14-19(35-4)11-6-15(21)2)32-24(33)20-12-16(3)37-23(20)26(27,28)29/h6,11-12,14,17-18H,5,7-10,13H2,1-4H3,(H,30,34)(H,31,32,33). The van der Waals surface area contributed by atoms with Crippen molar-refractivity contribution < 1.29 is 36.7 Å². The number of methoxy groups -OCH3 is 1. The van der Waals surface area contributed by atoms with Crippen LogP contribution in [0, 0.1) is 19.8 Å². The molecule has 0 atom stereocenters. The molecule has 1 aliphatic carbocycles. The fourth-order valence-corrected chi connectivity index (χ4v) is 4.32. The molecule has 1 aromatic carbocycles. The average Bonchev–Trinajstić information content (AvgIpc) is 3.24. The maximum Gasteiger partial charge on any atom is 0.450 e. The van der Waals surface area contributed by atoms with Crippen LogP contribution in [0.2, 0.25) is 0 Å². The van der Waals surface area contributed by atoms with Crippen molar-refractivity contribution in [3.8, 4) is 5.75 Å². The number of aryl methyl sites for hydroxylation is 2. The normalized spacial score (nSPS) is 18.3. The molecule has 1 aliphatic rings. The van der Waals surface area contributed by atoms with Crippen LogP contribution in [0.5, 0.6) is 5.75 Å². The van der Waals surface area contributed by atoms with Crippen LogP contribution in [0.25, 0.3) is 0 Å². The quantitative estimate of drug-likeness (QED) is 0.338. The molecule has 1 aromatic heterocycles. The monoisotopic (exact) mass is 523 g/mol. The third-order valence-corrected chi connectivity index (χ3v) is 6.21. The smallest absolute Gasteiger partial charge is 0.450 e. The van der Waals surface area contributed by atoms with Gasteiger partial charge in [-0.15, -0.1) is 0 Å². The first kappa shape index (κ1) is 28.1. The van der Waals surface area contributed by atoms with Crippen molar-refractivity contribution in [2.24, 2.45) is 10.9 Å². The van der Waals surface area contributed by atoms with Crippen LogP contribution in [0.3, 0.4) is 0 Å². The number of nitrogens with zero attached hydrogens (tertiary/aromatic N) is 1. The maximum atomic E-state index is 13.4. The predicted molar refractivity (Wildman–Crippen MR) is 131 cm³/mol. The molecule has 2 amide bonds. The highest BCUT2D eigenvalue weighted by Gasteiger charge is 2.40. The molecular weight excluding hydrogens is 491 g/mol. The maximum absolute atomic E-state index is 13.4. The van der Waals surface area contributed by atoms with E-state index >= 15 is 0 Å². The van der Waals surface area contributed by atoms with E-state index in [1.165, 1.54) is 14.0 Å². The van der Waals surface area contributed by atoms with E-state index in [9.17, 15) is 22.8 Å². The second-order valence-corrected chi connectivity index (χ2v) is 9.05. The zero-order valence-corrected chi connectivity index (χ0v) is 21.3. The van der Waals surface area contributed by atoms with Crippen molar-refractivity contribution >= 4 is 23.5 Å². The van der Waals surface area contributed by atoms with Crippen LogP contribution in [-0.2, 0) is 10.9 Å². The minimum absolute atomic E-state index is 0.0193. The van der Waals surface area contributed by atoms with Gasteiger partial charge in [0, 0.05) is 18.5 Å². The Labute approximate surface area is 213 Å². The molecule has 3 rings (SSSR count). The van der Waals surface area contributed by atoms with Gasteiger partial charge in [0.15, 0.2) is 0 Å². The molecule has 1 saturated carbocycles. The summed E-state index contributed by atoms with van der Waals surface area (Å²) in [5, 5.41) is 5.44. The van der Waals surface area contributed by atoms with E-state index in [1.807, 2.05) is 13.0 Å². The Hall–Kier alpha value is -3.50. The van der Waals surface area contributed by atoms with Gasteiger partial charge in [-0.3, -0.25) is 4.79 Å². The van der Waals surface area contributed by atoms with E-state index < -0.39 is 29.5 Å². The van der Waals surface area contributed by atoms with Gasteiger partial charge in [0.1, 0.15) is 17.3 Å². The molecule has 1 fully saturated rings.